The van der Waals surface area contributed by atoms with E-state index in [0.29, 0.717) is 5.84 Å². The molecule has 0 aromatic carbocycles. The second-order valence-corrected chi connectivity index (χ2v) is 2.95. The monoisotopic (exact) mass is 196 g/mol. The molecule has 2 unspecified atom stereocenters. The van der Waals surface area contributed by atoms with E-state index in [1.807, 2.05) is 0 Å². The van der Waals surface area contributed by atoms with Gasteiger partial charge >= 0.3 is 0 Å². The lowest BCUT2D eigenvalue weighted by Crippen LogP contribution is -2.72. The Bertz CT molecular complexity index is 311. The molecule has 0 spiro atoms. The first-order valence-corrected chi connectivity index (χ1v) is 4.25. The van der Waals surface area contributed by atoms with Gasteiger partial charge in [0.2, 0.25) is 0 Å². The lowest BCUT2D eigenvalue weighted by molar-refractivity contribution is -0.125. The third-order valence-electron chi connectivity index (χ3n) is 2.12. The zero-order chi connectivity index (χ0) is 10.1. The van der Waals surface area contributed by atoms with E-state index in [2.05, 4.69) is 21.1 Å². The lowest BCUT2D eigenvalue weighted by atomic mass is 10.2. The fraction of sp³-hybridized carbons (Fsp3) is 0.429. The summed E-state index contributed by atoms with van der Waals surface area (Å²) in [5, 5.41) is 7.10. The molecule has 7 heteroatoms. The number of amidine groups is 1. The van der Waals surface area contributed by atoms with Gasteiger partial charge in [-0.15, -0.1) is 0 Å². The smallest absolute Gasteiger partial charge is 0.253 e. The van der Waals surface area contributed by atoms with Crippen molar-refractivity contribution in [1.29, 1.82) is 0 Å². The van der Waals surface area contributed by atoms with Crippen LogP contribution in [0.15, 0.2) is 17.4 Å². The van der Waals surface area contributed by atoms with Crippen LogP contribution in [-0.4, -0.2) is 36.1 Å². The second-order valence-electron chi connectivity index (χ2n) is 2.95. The molecule has 2 heterocycles. The van der Waals surface area contributed by atoms with Crippen molar-refractivity contribution in [3.8, 4) is 0 Å². The molecule has 2 atom stereocenters. The van der Waals surface area contributed by atoms with E-state index in [1.165, 1.54) is 0 Å². The molecule has 0 aromatic heterocycles. The summed E-state index contributed by atoms with van der Waals surface area (Å²) in [6.45, 7) is 0. The maximum Gasteiger partial charge on any atom is 0.253 e. The summed E-state index contributed by atoms with van der Waals surface area (Å²) < 4.78 is 0. The molecule has 1 fully saturated rings. The number of hydrazine groups is 1. The maximum atomic E-state index is 11.5. The standard InChI is InChI=1S/C7H12N6O/c1-9-13-5-4(10-2-3-11-5)6(14)12-7(13)8/h2-4,7,9-10H,8H2,1H3,(H,12,14). The number of fused-ring (bicyclic) bond motifs is 1. The molecule has 5 N–H and O–H groups in total. The van der Waals surface area contributed by atoms with Gasteiger partial charge in [-0.3, -0.25) is 15.5 Å². The van der Waals surface area contributed by atoms with Gasteiger partial charge in [-0.2, -0.15) is 0 Å². The van der Waals surface area contributed by atoms with Crippen LogP contribution < -0.4 is 21.8 Å². The number of rotatable bonds is 1. The molecule has 0 saturated carbocycles. The molecule has 76 valence electrons. The number of hydrogen-bond acceptors (Lipinski definition) is 6. The first-order chi connectivity index (χ1) is 6.74. The van der Waals surface area contributed by atoms with Gasteiger partial charge in [-0.25, -0.2) is 10.4 Å². The average molecular weight is 196 g/mol. The number of carbonyl (C=O) groups excluding carboxylic acids is 1. The zero-order valence-corrected chi connectivity index (χ0v) is 7.69. The highest BCUT2D eigenvalue weighted by atomic mass is 16.2. The van der Waals surface area contributed by atoms with Crippen LogP contribution in [0.3, 0.4) is 0 Å². The molecule has 2 rings (SSSR count). The Hall–Kier alpha value is -1.60. The molecule has 0 bridgehead atoms. The van der Waals surface area contributed by atoms with Crippen molar-refractivity contribution in [3.05, 3.63) is 12.4 Å². The molecular formula is C7H12N6O. The first-order valence-electron chi connectivity index (χ1n) is 4.25. The molecule has 0 aromatic rings. The van der Waals surface area contributed by atoms with Crippen LogP contribution in [0.1, 0.15) is 0 Å². The molecule has 1 amide bonds. The number of nitrogens with zero attached hydrogens (tertiary/aromatic N) is 2. The minimum absolute atomic E-state index is 0.174. The summed E-state index contributed by atoms with van der Waals surface area (Å²) in [5.74, 6) is 0.401. The summed E-state index contributed by atoms with van der Waals surface area (Å²) in [4.78, 5) is 15.6. The van der Waals surface area contributed by atoms with Crippen molar-refractivity contribution in [2.24, 2.45) is 10.7 Å². The van der Waals surface area contributed by atoms with E-state index in [4.69, 9.17) is 5.73 Å². The van der Waals surface area contributed by atoms with Crippen LogP contribution in [0.4, 0.5) is 0 Å². The first kappa shape index (κ1) is 8.97. The highest BCUT2D eigenvalue weighted by molar-refractivity contribution is 6.09. The van der Waals surface area contributed by atoms with Crippen LogP contribution in [0.5, 0.6) is 0 Å². The van der Waals surface area contributed by atoms with Gasteiger partial charge in [0.25, 0.3) is 5.91 Å². The largest absolute Gasteiger partial charge is 0.372 e. The SMILES string of the molecule is CNN1C2=NC=CNC2C(=O)NC1N. The summed E-state index contributed by atoms with van der Waals surface area (Å²) in [6, 6.07) is -0.466. The van der Waals surface area contributed by atoms with Gasteiger partial charge in [0.1, 0.15) is 0 Å². The van der Waals surface area contributed by atoms with Crippen molar-refractivity contribution in [2.75, 3.05) is 7.05 Å². The zero-order valence-electron chi connectivity index (χ0n) is 7.69. The predicted molar refractivity (Wildman–Crippen MR) is 50.5 cm³/mol. The fourth-order valence-electron chi connectivity index (χ4n) is 1.49. The van der Waals surface area contributed by atoms with Crippen LogP contribution in [0.25, 0.3) is 0 Å². The van der Waals surface area contributed by atoms with Crippen LogP contribution in [-0.2, 0) is 4.79 Å². The number of aliphatic imine (C=N–C) groups is 1. The predicted octanol–water partition coefficient (Wildman–Crippen LogP) is -2.36. The topological polar surface area (TPSA) is 94.8 Å². The minimum Gasteiger partial charge on any atom is -0.372 e. The summed E-state index contributed by atoms with van der Waals surface area (Å²) >= 11 is 0. The number of carbonyl (C=O) groups is 1. The Labute approximate surface area is 81.0 Å². The van der Waals surface area contributed by atoms with Crippen LogP contribution in [0, 0.1) is 0 Å². The summed E-state index contributed by atoms with van der Waals surface area (Å²) in [6.07, 6.45) is 2.62. The highest BCUT2D eigenvalue weighted by Gasteiger charge is 2.37. The van der Waals surface area contributed by atoms with Crippen molar-refractivity contribution >= 4 is 11.7 Å². The van der Waals surface area contributed by atoms with E-state index < -0.39 is 12.3 Å². The Morgan fingerprint density at radius 2 is 2.50 bits per heavy atom. The number of nitrogens with two attached hydrogens (primary N) is 1. The molecular weight excluding hydrogens is 184 g/mol. The second kappa shape index (κ2) is 3.28. The van der Waals surface area contributed by atoms with Gasteiger partial charge in [-0.1, -0.05) is 0 Å². The Morgan fingerprint density at radius 3 is 3.21 bits per heavy atom. The van der Waals surface area contributed by atoms with Crippen LogP contribution >= 0.6 is 0 Å². The molecule has 0 radical (unpaired) electrons. The van der Waals surface area contributed by atoms with E-state index in [9.17, 15) is 4.79 Å². The van der Waals surface area contributed by atoms with Crippen LogP contribution in [0.2, 0.25) is 0 Å². The minimum atomic E-state index is -0.587. The summed E-state index contributed by atoms with van der Waals surface area (Å²) in [7, 11) is 1.72. The third-order valence-corrected chi connectivity index (χ3v) is 2.12. The third kappa shape index (κ3) is 1.22. The van der Waals surface area contributed by atoms with Crippen molar-refractivity contribution < 1.29 is 4.79 Å². The Balaban J connectivity index is 2.31. The van der Waals surface area contributed by atoms with Gasteiger partial charge < -0.3 is 10.6 Å². The Morgan fingerprint density at radius 1 is 1.71 bits per heavy atom. The quantitative estimate of drug-likeness (QED) is 0.376. The van der Waals surface area contributed by atoms with Gasteiger partial charge in [0, 0.05) is 19.4 Å². The number of nitrogens with one attached hydrogen (secondary N) is 3. The highest BCUT2D eigenvalue weighted by Crippen LogP contribution is 2.07. The molecule has 0 aliphatic carbocycles. The van der Waals surface area contributed by atoms with Crippen molar-refractivity contribution in [2.45, 2.75) is 12.3 Å². The van der Waals surface area contributed by atoms with E-state index >= 15 is 0 Å². The average Bonchev–Trinajstić information content (AvgIpc) is 2.18. The van der Waals surface area contributed by atoms with Crippen molar-refractivity contribution in [3.63, 3.8) is 0 Å². The number of amides is 1. The maximum absolute atomic E-state index is 11.5. The normalized spacial score (nSPS) is 30.3. The van der Waals surface area contributed by atoms with Gasteiger partial charge in [0.15, 0.2) is 18.2 Å². The molecule has 14 heavy (non-hydrogen) atoms. The van der Waals surface area contributed by atoms with Gasteiger partial charge in [-0.05, 0) is 0 Å². The molecule has 7 nitrogen and oxygen atoms in total. The number of hydrogen-bond donors (Lipinski definition) is 4. The van der Waals surface area contributed by atoms with E-state index in [1.54, 1.807) is 24.5 Å². The Kier molecular flexibility index (Phi) is 2.10. The molecule has 2 aliphatic heterocycles. The molecule has 2 aliphatic rings. The lowest BCUT2D eigenvalue weighted by Gasteiger charge is -2.39. The molecule has 1 saturated heterocycles. The van der Waals surface area contributed by atoms with Crippen molar-refractivity contribution in [1.82, 2.24) is 21.1 Å². The van der Waals surface area contributed by atoms with E-state index in [0.717, 1.165) is 0 Å². The van der Waals surface area contributed by atoms with Gasteiger partial charge in [0.05, 0.1) is 0 Å². The fourth-order valence-corrected chi connectivity index (χ4v) is 1.49. The van der Waals surface area contributed by atoms with E-state index in [-0.39, 0.29) is 5.91 Å². The summed E-state index contributed by atoms with van der Waals surface area (Å²) in [5.41, 5.74) is 8.55.